The van der Waals surface area contributed by atoms with E-state index in [0.717, 1.165) is 12.2 Å². The molecular weight excluding hydrogens is 248 g/mol. The van der Waals surface area contributed by atoms with Crippen molar-refractivity contribution < 1.29 is 0 Å². The first-order chi connectivity index (χ1) is 9.81. The Hall–Kier alpha value is -1.68. The number of benzene rings is 1. The Morgan fingerprint density at radius 2 is 2.00 bits per heavy atom. The van der Waals surface area contributed by atoms with E-state index in [4.69, 9.17) is 0 Å². The maximum absolute atomic E-state index is 4.23. The first kappa shape index (κ1) is 14.7. The van der Waals surface area contributed by atoms with Crippen molar-refractivity contribution in [1.29, 1.82) is 0 Å². The zero-order valence-electron chi connectivity index (χ0n) is 12.3. The van der Waals surface area contributed by atoms with E-state index in [0.29, 0.717) is 6.04 Å². The molecule has 2 rings (SSSR count). The van der Waals surface area contributed by atoms with Crippen LogP contribution in [0.25, 0.3) is 0 Å². The van der Waals surface area contributed by atoms with E-state index in [-0.39, 0.29) is 6.04 Å². The van der Waals surface area contributed by atoms with Gasteiger partial charge in [-0.15, -0.1) is 0 Å². The highest BCUT2D eigenvalue weighted by Crippen LogP contribution is 2.23. The number of aromatic amines is 1. The molecule has 0 radical (unpaired) electrons. The fourth-order valence-corrected chi connectivity index (χ4v) is 2.43. The average molecular weight is 272 g/mol. The number of nitrogens with one attached hydrogen (secondary N) is 2. The SMILES string of the molecule is CCCCCC(NC(C)c1ncn[nH]1)c1ccccc1. The average Bonchev–Trinajstić information content (AvgIpc) is 3.01. The smallest absolute Gasteiger partial charge is 0.141 e. The van der Waals surface area contributed by atoms with Crippen LogP contribution in [0.3, 0.4) is 0 Å². The van der Waals surface area contributed by atoms with E-state index in [1.807, 2.05) is 0 Å². The van der Waals surface area contributed by atoms with Crippen molar-refractivity contribution in [2.75, 3.05) is 0 Å². The number of H-pyrrole nitrogens is 1. The first-order valence-corrected chi connectivity index (χ1v) is 7.47. The molecule has 2 aromatic rings. The summed E-state index contributed by atoms with van der Waals surface area (Å²) in [7, 11) is 0. The quantitative estimate of drug-likeness (QED) is 0.719. The Morgan fingerprint density at radius 3 is 2.65 bits per heavy atom. The van der Waals surface area contributed by atoms with Crippen LogP contribution in [0.5, 0.6) is 0 Å². The van der Waals surface area contributed by atoms with E-state index in [2.05, 4.69) is 64.7 Å². The lowest BCUT2D eigenvalue weighted by molar-refractivity contribution is 0.417. The van der Waals surface area contributed by atoms with E-state index in [9.17, 15) is 0 Å². The zero-order valence-corrected chi connectivity index (χ0v) is 12.3. The van der Waals surface area contributed by atoms with Crippen LogP contribution in [0, 0.1) is 0 Å². The monoisotopic (exact) mass is 272 g/mol. The van der Waals surface area contributed by atoms with E-state index in [1.165, 1.54) is 24.8 Å². The number of rotatable bonds is 8. The number of hydrogen-bond acceptors (Lipinski definition) is 3. The van der Waals surface area contributed by atoms with Crippen LogP contribution in [0.1, 0.15) is 63.0 Å². The predicted octanol–water partition coefficient (Wildman–Crippen LogP) is 3.78. The molecule has 0 bridgehead atoms. The van der Waals surface area contributed by atoms with Gasteiger partial charge in [0, 0.05) is 6.04 Å². The van der Waals surface area contributed by atoms with Crippen LogP contribution in [0.15, 0.2) is 36.7 Å². The molecule has 0 aliphatic heterocycles. The van der Waals surface area contributed by atoms with Gasteiger partial charge < -0.3 is 5.32 Å². The Kier molecular flexibility index (Phi) is 5.74. The van der Waals surface area contributed by atoms with Crippen molar-refractivity contribution >= 4 is 0 Å². The van der Waals surface area contributed by atoms with Gasteiger partial charge in [-0.1, -0.05) is 56.5 Å². The van der Waals surface area contributed by atoms with Crippen molar-refractivity contribution in [3.8, 4) is 0 Å². The Bertz CT molecular complexity index is 466. The highest BCUT2D eigenvalue weighted by atomic mass is 15.2. The lowest BCUT2D eigenvalue weighted by Crippen LogP contribution is -2.25. The summed E-state index contributed by atoms with van der Waals surface area (Å²) >= 11 is 0. The Morgan fingerprint density at radius 1 is 1.20 bits per heavy atom. The molecule has 108 valence electrons. The lowest BCUT2D eigenvalue weighted by atomic mass is 9.99. The largest absolute Gasteiger partial charge is 0.301 e. The van der Waals surface area contributed by atoms with Gasteiger partial charge in [0.25, 0.3) is 0 Å². The molecule has 1 aromatic heterocycles. The standard InChI is InChI=1S/C16H24N4/c1-3-4-6-11-15(14-9-7-5-8-10-14)19-13(2)16-17-12-18-20-16/h5,7-10,12-13,15,19H,3-4,6,11H2,1-2H3,(H,17,18,20). The Balaban J connectivity index is 2.02. The van der Waals surface area contributed by atoms with E-state index in [1.54, 1.807) is 6.33 Å². The first-order valence-electron chi connectivity index (χ1n) is 7.47. The molecular formula is C16H24N4. The van der Waals surface area contributed by atoms with Crippen molar-refractivity contribution in [2.45, 2.75) is 51.6 Å². The molecule has 0 fully saturated rings. The number of hydrogen-bond donors (Lipinski definition) is 2. The summed E-state index contributed by atoms with van der Waals surface area (Å²) in [6, 6.07) is 11.2. The normalized spacial score (nSPS) is 14.1. The van der Waals surface area contributed by atoms with Crippen molar-refractivity contribution in [3.63, 3.8) is 0 Å². The third kappa shape index (κ3) is 4.17. The third-order valence-corrected chi connectivity index (χ3v) is 3.59. The van der Waals surface area contributed by atoms with Crippen LogP contribution in [-0.4, -0.2) is 15.2 Å². The molecule has 0 amide bonds. The Labute approximate surface area is 121 Å². The van der Waals surface area contributed by atoms with Crippen LogP contribution >= 0.6 is 0 Å². The van der Waals surface area contributed by atoms with Gasteiger partial charge in [0.15, 0.2) is 0 Å². The van der Waals surface area contributed by atoms with Gasteiger partial charge >= 0.3 is 0 Å². The molecule has 2 unspecified atom stereocenters. The molecule has 0 saturated heterocycles. The van der Waals surface area contributed by atoms with Crippen LogP contribution in [-0.2, 0) is 0 Å². The molecule has 20 heavy (non-hydrogen) atoms. The van der Waals surface area contributed by atoms with Crippen LogP contribution < -0.4 is 5.32 Å². The fraction of sp³-hybridized carbons (Fsp3) is 0.500. The van der Waals surface area contributed by atoms with Gasteiger partial charge in [0.2, 0.25) is 0 Å². The summed E-state index contributed by atoms with van der Waals surface area (Å²) in [5, 5.41) is 10.5. The maximum Gasteiger partial charge on any atom is 0.141 e. The second-order valence-corrected chi connectivity index (χ2v) is 5.22. The van der Waals surface area contributed by atoms with Crippen LogP contribution in [0.4, 0.5) is 0 Å². The third-order valence-electron chi connectivity index (χ3n) is 3.59. The molecule has 0 aliphatic rings. The van der Waals surface area contributed by atoms with Gasteiger partial charge in [-0.3, -0.25) is 5.10 Å². The minimum Gasteiger partial charge on any atom is -0.301 e. The zero-order chi connectivity index (χ0) is 14.2. The maximum atomic E-state index is 4.23. The number of aromatic nitrogens is 3. The number of nitrogens with zero attached hydrogens (tertiary/aromatic N) is 2. The highest BCUT2D eigenvalue weighted by molar-refractivity contribution is 5.19. The van der Waals surface area contributed by atoms with Crippen LogP contribution in [0.2, 0.25) is 0 Å². The summed E-state index contributed by atoms with van der Waals surface area (Å²) in [4.78, 5) is 4.23. The topological polar surface area (TPSA) is 53.6 Å². The van der Waals surface area contributed by atoms with Gasteiger partial charge in [-0.25, -0.2) is 4.98 Å². The molecule has 4 heteroatoms. The molecule has 4 nitrogen and oxygen atoms in total. The minimum absolute atomic E-state index is 0.171. The molecule has 0 spiro atoms. The second-order valence-electron chi connectivity index (χ2n) is 5.22. The highest BCUT2D eigenvalue weighted by Gasteiger charge is 2.16. The summed E-state index contributed by atoms with van der Waals surface area (Å²) in [5.74, 6) is 0.890. The van der Waals surface area contributed by atoms with Crippen molar-refractivity contribution in [1.82, 2.24) is 20.5 Å². The minimum atomic E-state index is 0.171. The lowest BCUT2D eigenvalue weighted by Gasteiger charge is -2.22. The van der Waals surface area contributed by atoms with Crippen molar-refractivity contribution in [3.05, 3.63) is 48.0 Å². The molecule has 2 N–H and O–H groups in total. The molecule has 1 aromatic carbocycles. The molecule has 0 aliphatic carbocycles. The van der Waals surface area contributed by atoms with Crippen molar-refractivity contribution in [2.24, 2.45) is 0 Å². The fourth-order valence-electron chi connectivity index (χ4n) is 2.43. The summed E-state index contributed by atoms with van der Waals surface area (Å²) in [6.07, 6.45) is 6.48. The van der Waals surface area contributed by atoms with Gasteiger partial charge in [0.1, 0.15) is 12.2 Å². The molecule has 1 heterocycles. The molecule has 2 atom stereocenters. The van der Waals surface area contributed by atoms with Gasteiger partial charge in [0.05, 0.1) is 6.04 Å². The summed E-state index contributed by atoms with van der Waals surface area (Å²) in [5.41, 5.74) is 1.34. The van der Waals surface area contributed by atoms with Gasteiger partial charge in [-0.2, -0.15) is 5.10 Å². The predicted molar refractivity (Wildman–Crippen MR) is 81.3 cm³/mol. The van der Waals surface area contributed by atoms with E-state index < -0.39 is 0 Å². The number of unbranched alkanes of at least 4 members (excludes halogenated alkanes) is 2. The van der Waals surface area contributed by atoms with E-state index >= 15 is 0 Å². The van der Waals surface area contributed by atoms with Gasteiger partial charge in [-0.05, 0) is 18.9 Å². The second kappa shape index (κ2) is 7.80. The molecule has 0 saturated carbocycles. The summed E-state index contributed by atoms with van der Waals surface area (Å²) in [6.45, 7) is 4.36. The summed E-state index contributed by atoms with van der Waals surface area (Å²) < 4.78 is 0.